The zero-order valence-electron chi connectivity index (χ0n) is 46.0. The van der Waals surface area contributed by atoms with Crippen molar-refractivity contribution in [2.24, 2.45) is 11.8 Å². The minimum atomic E-state index is -0.763. The molecule has 0 N–H and O–H groups in total. The van der Waals surface area contributed by atoms with Crippen molar-refractivity contribution in [2.45, 2.75) is 349 Å². The first-order valence-corrected chi connectivity index (χ1v) is 30.3. The fourth-order valence-corrected chi connectivity index (χ4v) is 9.37. The normalized spacial score (nSPS) is 12.4. The van der Waals surface area contributed by atoms with E-state index in [-0.39, 0.29) is 31.1 Å². The smallest absolute Gasteiger partial charge is 0.306 e. The molecule has 0 spiro atoms. The van der Waals surface area contributed by atoms with Crippen LogP contribution in [0.25, 0.3) is 0 Å². The Morgan fingerprint density at radius 1 is 0.313 bits per heavy atom. The molecule has 1 unspecified atom stereocenters. The van der Waals surface area contributed by atoms with E-state index >= 15 is 0 Å². The molecule has 0 saturated heterocycles. The summed E-state index contributed by atoms with van der Waals surface area (Å²) in [5.74, 6) is 0.899. The maximum atomic E-state index is 12.9. The van der Waals surface area contributed by atoms with E-state index in [1.165, 1.54) is 231 Å². The lowest BCUT2D eigenvalue weighted by molar-refractivity contribution is -0.167. The second kappa shape index (κ2) is 53.8. The third kappa shape index (κ3) is 53.6. The molecule has 2 atom stereocenters. The van der Waals surface area contributed by atoms with Gasteiger partial charge in [0.15, 0.2) is 6.10 Å². The maximum absolute atomic E-state index is 12.9. The quantitative estimate of drug-likeness (QED) is 0.0343. The van der Waals surface area contributed by atoms with Gasteiger partial charge in [0.2, 0.25) is 0 Å². The maximum Gasteiger partial charge on any atom is 0.306 e. The number of ether oxygens (including phenoxy) is 3. The first-order valence-electron chi connectivity index (χ1n) is 30.3. The van der Waals surface area contributed by atoms with Gasteiger partial charge < -0.3 is 14.2 Å². The van der Waals surface area contributed by atoms with E-state index in [1.807, 2.05) is 0 Å². The summed E-state index contributed by atoms with van der Waals surface area (Å²) in [5, 5.41) is 0. The van der Waals surface area contributed by atoms with Crippen LogP contribution in [0.4, 0.5) is 0 Å². The molecule has 0 amide bonds. The molecule has 0 radical (unpaired) electrons. The molecule has 0 aromatic carbocycles. The van der Waals surface area contributed by atoms with E-state index in [0.29, 0.717) is 19.3 Å². The fourth-order valence-electron chi connectivity index (χ4n) is 9.37. The van der Waals surface area contributed by atoms with Crippen LogP contribution in [0.1, 0.15) is 343 Å². The molecule has 0 aromatic heterocycles. The molecule has 0 aliphatic rings. The molecule has 0 aromatic rings. The third-order valence-corrected chi connectivity index (χ3v) is 14.3. The lowest BCUT2D eigenvalue weighted by Crippen LogP contribution is -2.30. The van der Waals surface area contributed by atoms with Gasteiger partial charge in [-0.2, -0.15) is 0 Å². The van der Waals surface area contributed by atoms with Crippen LogP contribution < -0.4 is 0 Å². The van der Waals surface area contributed by atoms with Gasteiger partial charge in [-0.15, -0.1) is 0 Å². The largest absolute Gasteiger partial charge is 0.462 e. The summed E-state index contributed by atoms with van der Waals surface area (Å²) in [6, 6.07) is 0. The molecule has 6 nitrogen and oxygen atoms in total. The van der Waals surface area contributed by atoms with E-state index in [4.69, 9.17) is 14.2 Å². The van der Waals surface area contributed by atoms with Crippen molar-refractivity contribution in [1.29, 1.82) is 0 Å². The van der Waals surface area contributed by atoms with Gasteiger partial charge in [-0.05, 0) is 31.1 Å². The molecular weight excluding hydrogens is 829 g/mol. The Bertz CT molecular complexity index is 1030. The van der Waals surface area contributed by atoms with E-state index < -0.39 is 6.10 Å². The highest BCUT2D eigenvalue weighted by Crippen LogP contribution is 2.19. The fraction of sp³-hybridized carbons (Fsp3) is 0.951. The standard InChI is InChI=1S/C61H118O6/c1-6-8-9-10-11-12-13-14-15-21-26-31-36-41-46-51-59(62)65-54-58(55-66-60(63)52-47-42-37-32-27-23-18-19-24-29-34-39-44-49-56(3)4)67-61(64)53-48-43-38-33-28-22-17-16-20-25-30-35-40-45-50-57(5)7-2/h56-58H,6-55H2,1-5H3/t57?,58-/m1/s1. The molecule has 0 aliphatic heterocycles. The Labute approximate surface area is 418 Å². The van der Waals surface area contributed by atoms with Crippen LogP contribution in [0.2, 0.25) is 0 Å². The summed E-state index contributed by atoms with van der Waals surface area (Å²) in [6.45, 7) is 11.5. The van der Waals surface area contributed by atoms with E-state index in [9.17, 15) is 14.4 Å². The Morgan fingerprint density at radius 3 is 0.851 bits per heavy atom. The highest BCUT2D eigenvalue weighted by Gasteiger charge is 2.19. The van der Waals surface area contributed by atoms with Crippen LogP contribution in [-0.4, -0.2) is 37.2 Å². The number of carbonyl (C=O) groups excluding carboxylic acids is 3. The monoisotopic (exact) mass is 947 g/mol. The second-order valence-electron chi connectivity index (χ2n) is 21.7. The Morgan fingerprint density at radius 2 is 0.567 bits per heavy atom. The van der Waals surface area contributed by atoms with Crippen LogP contribution >= 0.6 is 0 Å². The van der Waals surface area contributed by atoms with Gasteiger partial charge in [0, 0.05) is 19.3 Å². The van der Waals surface area contributed by atoms with Crippen molar-refractivity contribution < 1.29 is 28.6 Å². The third-order valence-electron chi connectivity index (χ3n) is 14.3. The van der Waals surface area contributed by atoms with Crippen molar-refractivity contribution in [1.82, 2.24) is 0 Å². The number of hydrogen-bond acceptors (Lipinski definition) is 6. The van der Waals surface area contributed by atoms with Gasteiger partial charge in [0.1, 0.15) is 13.2 Å². The zero-order valence-corrected chi connectivity index (χ0v) is 46.0. The van der Waals surface area contributed by atoms with Crippen LogP contribution in [0, 0.1) is 11.8 Å². The predicted molar refractivity (Wildman–Crippen MR) is 289 cm³/mol. The second-order valence-corrected chi connectivity index (χ2v) is 21.7. The summed E-state index contributed by atoms with van der Waals surface area (Å²) in [5.41, 5.74) is 0. The molecule has 0 heterocycles. The Hall–Kier alpha value is -1.59. The highest BCUT2D eigenvalue weighted by atomic mass is 16.6. The van der Waals surface area contributed by atoms with E-state index in [0.717, 1.165) is 69.6 Å². The van der Waals surface area contributed by atoms with Crippen molar-refractivity contribution >= 4 is 17.9 Å². The van der Waals surface area contributed by atoms with Gasteiger partial charge in [0.25, 0.3) is 0 Å². The molecular formula is C61H118O6. The molecule has 0 aliphatic carbocycles. The highest BCUT2D eigenvalue weighted by molar-refractivity contribution is 5.71. The van der Waals surface area contributed by atoms with E-state index in [1.54, 1.807) is 0 Å². The van der Waals surface area contributed by atoms with Gasteiger partial charge in [-0.3, -0.25) is 14.4 Å². The lowest BCUT2D eigenvalue weighted by Gasteiger charge is -2.18. The average molecular weight is 948 g/mol. The average Bonchev–Trinajstić information content (AvgIpc) is 3.31. The first kappa shape index (κ1) is 65.4. The van der Waals surface area contributed by atoms with Gasteiger partial charge in [-0.25, -0.2) is 0 Å². The number of hydrogen-bond donors (Lipinski definition) is 0. The molecule has 398 valence electrons. The summed E-state index contributed by atoms with van der Waals surface area (Å²) in [4.78, 5) is 38.2. The summed E-state index contributed by atoms with van der Waals surface area (Å²) in [7, 11) is 0. The predicted octanol–water partition coefficient (Wildman–Crippen LogP) is 20.0. The Kier molecular flexibility index (Phi) is 52.5. The van der Waals surface area contributed by atoms with Crippen molar-refractivity contribution in [3.63, 3.8) is 0 Å². The minimum absolute atomic E-state index is 0.0622. The van der Waals surface area contributed by atoms with Crippen LogP contribution in [0.5, 0.6) is 0 Å². The topological polar surface area (TPSA) is 78.9 Å². The summed E-state index contributed by atoms with van der Waals surface area (Å²) in [6.07, 6.45) is 58.0. The van der Waals surface area contributed by atoms with E-state index in [2.05, 4.69) is 34.6 Å². The Balaban J connectivity index is 4.30. The van der Waals surface area contributed by atoms with Crippen molar-refractivity contribution in [3.05, 3.63) is 0 Å². The van der Waals surface area contributed by atoms with Crippen LogP contribution in [0.15, 0.2) is 0 Å². The van der Waals surface area contributed by atoms with Gasteiger partial charge in [0.05, 0.1) is 0 Å². The molecule has 0 saturated carbocycles. The molecule has 67 heavy (non-hydrogen) atoms. The minimum Gasteiger partial charge on any atom is -0.462 e. The molecule has 0 rings (SSSR count). The van der Waals surface area contributed by atoms with Gasteiger partial charge >= 0.3 is 17.9 Å². The summed E-state index contributed by atoms with van der Waals surface area (Å²) >= 11 is 0. The van der Waals surface area contributed by atoms with Crippen LogP contribution in [-0.2, 0) is 28.6 Å². The SMILES string of the molecule is CCCCCCCCCCCCCCCCCC(=O)OC[C@H](COC(=O)CCCCCCCCCCCCCCCC(C)C)OC(=O)CCCCCCCCCCCCCCCCC(C)CC. The lowest BCUT2D eigenvalue weighted by atomic mass is 9.99. The van der Waals surface area contributed by atoms with Crippen molar-refractivity contribution in [2.75, 3.05) is 13.2 Å². The number of carbonyl (C=O) groups is 3. The van der Waals surface area contributed by atoms with Crippen LogP contribution in [0.3, 0.4) is 0 Å². The van der Waals surface area contributed by atoms with Crippen molar-refractivity contribution in [3.8, 4) is 0 Å². The number of esters is 3. The molecule has 0 bridgehead atoms. The summed E-state index contributed by atoms with van der Waals surface area (Å²) < 4.78 is 16.9. The zero-order chi connectivity index (χ0) is 48.9. The number of rotatable bonds is 55. The number of unbranched alkanes of at least 4 members (excludes halogenated alkanes) is 39. The van der Waals surface area contributed by atoms with Gasteiger partial charge in [-0.1, -0.05) is 304 Å². The first-order chi connectivity index (χ1) is 32.8. The molecule has 6 heteroatoms. The molecule has 0 fully saturated rings.